The second kappa shape index (κ2) is 4.25. The van der Waals surface area contributed by atoms with Crippen molar-refractivity contribution in [1.29, 1.82) is 0 Å². The molecule has 5 nitrogen and oxygen atoms in total. The van der Waals surface area contributed by atoms with E-state index < -0.39 is 0 Å². The van der Waals surface area contributed by atoms with E-state index in [0.717, 1.165) is 12.1 Å². The molecule has 0 saturated carbocycles. The fourth-order valence-electron chi connectivity index (χ4n) is 1.80. The van der Waals surface area contributed by atoms with Gasteiger partial charge in [-0.25, -0.2) is 19.3 Å². The minimum Gasteiger partial charge on any atom is -0.246 e. The van der Waals surface area contributed by atoms with Gasteiger partial charge in [-0.2, -0.15) is 5.10 Å². The number of fused-ring (bicyclic) bond motifs is 1. The summed E-state index contributed by atoms with van der Waals surface area (Å²) in [6, 6.07) is 1.80. The summed E-state index contributed by atoms with van der Waals surface area (Å²) >= 11 is 6.10. The topological polar surface area (TPSA) is 63.0 Å². The quantitative estimate of drug-likeness (QED) is 0.828. The Kier molecular flexibility index (Phi) is 2.96. The molecule has 2 heterocycles. The van der Waals surface area contributed by atoms with Gasteiger partial charge in [0, 0.05) is 17.4 Å². The van der Waals surface area contributed by atoms with Crippen molar-refractivity contribution in [2.24, 2.45) is 0 Å². The van der Waals surface area contributed by atoms with Crippen LogP contribution in [0.1, 0.15) is 31.9 Å². The molecule has 86 valence electrons. The Bertz CT molecular complexity index is 545. The Balaban J connectivity index is 2.50. The highest BCUT2D eigenvalue weighted by Crippen LogP contribution is 2.25. The summed E-state index contributed by atoms with van der Waals surface area (Å²) in [7, 11) is 0. The first-order valence-electron chi connectivity index (χ1n) is 5.20. The molecule has 0 aliphatic heterocycles. The first-order chi connectivity index (χ1) is 7.63. The number of nitrogens with one attached hydrogen (secondary N) is 1. The Morgan fingerprint density at radius 2 is 2.38 bits per heavy atom. The van der Waals surface area contributed by atoms with Gasteiger partial charge in [0.1, 0.15) is 6.33 Å². The monoisotopic (exact) mass is 240 g/mol. The zero-order valence-corrected chi connectivity index (χ0v) is 9.90. The van der Waals surface area contributed by atoms with E-state index >= 15 is 0 Å². The lowest BCUT2D eigenvalue weighted by Crippen LogP contribution is -2.13. The van der Waals surface area contributed by atoms with Crippen molar-refractivity contribution in [2.45, 2.75) is 31.6 Å². The van der Waals surface area contributed by atoms with Gasteiger partial charge in [0.15, 0.2) is 5.65 Å². The van der Waals surface area contributed by atoms with Gasteiger partial charge in [0.25, 0.3) is 0 Å². The van der Waals surface area contributed by atoms with Crippen LogP contribution < -0.4 is 5.69 Å². The molecule has 6 heteroatoms. The highest BCUT2D eigenvalue weighted by Gasteiger charge is 2.17. The van der Waals surface area contributed by atoms with E-state index in [0.29, 0.717) is 5.65 Å². The molecule has 0 fully saturated rings. The largest absolute Gasteiger partial charge is 0.348 e. The van der Waals surface area contributed by atoms with Gasteiger partial charge >= 0.3 is 5.69 Å². The molecule has 2 unspecified atom stereocenters. The molecule has 2 atom stereocenters. The Labute approximate surface area is 97.5 Å². The molecule has 2 rings (SSSR count). The third-order valence-corrected chi connectivity index (χ3v) is 3.01. The molecule has 0 saturated heterocycles. The molecule has 0 radical (unpaired) electrons. The van der Waals surface area contributed by atoms with Crippen LogP contribution in [0.25, 0.3) is 5.65 Å². The minimum atomic E-state index is -0.277. The van der Waals surface area contributed by atoms with Crippen molar-refractivity contribution in [3.8, 4) is 0 Å². The standard InChI is InChI=1S/C10H13ClN4O/c1-3-7(6(2)11)8-4-9-13-14-10(16)15(9)5-12-8/h4-7H,3H2,1-2H3,(H,14,16). The first kappa shape index (κ1) is 11.1. The molecule has 2 aromatic rings. The van der Waals surface area contributed by atoms with E-state index in [-0.39, 0.29) is 17.0 Å². The molecule has 0 aliphatic carbocycles. The lowest BCUT2D eigenvalue weighted by atomic mass is 9.99. The molecular weight excluding hydrogens is 228 g/mol. The number of hydrogen-bond acceptors (Lipinski definition) is 3. The minimum absolute atomic E-state index is 0.00520. The molecule has 1 N–H and O–H groups in total. The number of H-pyrrole nitrogens is 1. The predicted molar refractivity (Wildman–Crippen MR) is 62.0 cm³/mol. The Hall–Kier alpha value is -1.36. The van der Waals surface area contributed by atoms with Crippen LogP contribution in [0.2, 0.25) is 0 Å². The number of rotatable bonds is 3. The highest BCUT2D eigenvalue weighted by molar-refractivity contribution is 6.20. The van der Waals surface area contributed by atoms with Gasteiger partial charge in [-0.05, 0) is 13.3 Å². The molecule has 0 spiro atoms. The van der Waals surface area contributed by atoms with E-state index in [9.17, 15) is 4.79 Å². The second-order valence-electron chi connectivity index (χ2n) is 3.76. The maximum absolute atomic E-state index is 11.2. The summed E-state index contributed by atoms with van der Waals surface area (Å²) < 4.78 is 1.37. The maximum Gasteiger partial charge on any atom is 0.348 e. The average molecular weight is 241 g/mol. The fourth-order valence-corrected chi connectivity index (χ4v) is 2.10. The lowest BCUT2D eigenvalue weighted by Gasteiger charge is -2.16. The molecule has 0 amide bonds. The third-order valence-electron chi connectivity index (χ3n) is 2.71. The SMILES string of the molecule is CCC(c1cc2n[nH]c(=O)n2cn1)C(C)Cl. The fraction of sp³-hybridized carbons (Fsp3) is 0.500. The van der Waals surface area contributed by atoms with Gasteiger partial charge in [-0.1, -0.05) is 6.92 Å². The van der Waals surface area contributed by atoms with Crippen LogP contribution >= 0.6 is 11.6 Å². The summed E-state index contributed by atoms with van der Waals surface area (Å²) in [5.41, 5.74) is 1.17. The maximum atomic E-state index is 11.2. The molecule has 16 heavy (non-hydrogen) atoms. The molecular formula is C10H13ClN4O. The van der Waals surface area contributed by atoms with Gasteiger partial charge in [0.05, 0.1) is 5.69 Å². The van der Waals surface area contributed by atoms with Gasteiger partial charge < -0.3 is 0 Å². The van der Waals surface area contributed by atoms with Gasteiger partial charge in [-0.15, -0.1) is 11.6 Å². The number of hydrogen-bond donors (Lipinski definition) is 1. The molecule has 0 aromatic carbocycles. The van der Waals surface area contributed by atoms with Crippen LogP contribution in [0.3, 0.4) is 0 Å². The van der Waals surface area contributed by atoms with Crippen molar-refractivity contribution in [3.05, 3.63) is 28.6 Å². The number of aromatic nitrogens is 4. The van der Waals surface area contributed by atoms with Crippen molar-refractivity contribution < 1.29 is 0 Å². The number of halogens is 1. The van der Waals surface area contributed by atoms with Crippen molar-refractivity contribution in [1.82, 2.24) is 19.6 Å². The number of nitrogens with zero attached hydrogens (tertiary/aromatic N) is 3. The van der Waals surface area contributed by atoms with E-state index in [2.05, 4.69) is 22.1 Å². The third kappa shape index (κ3) is 1.82. The Morgan fingerprint density at radius 3 is 3.00 bits per heavy atom. The second-order valence-corrected chi connectivity index (χ2v) is 4.45. The summed E-state index contributed by atoms with van der Waals surface area (Å²) in [5.74, 6) is 0.179. The van der Waals surface area contributed by atoms with Crippen molar-refractivity contribution >= 4 is 17.2 Å². The van der Waals surface area contributed by atoms with E-state index in [1.807, 2.05) is 6.92 Å². The summed E-state index contributed by atoms with van der Waals surface area (Å²) in [6.45, 7) is 4.00. The normalized spacial score (nSPS) is 15.2. The Morgan fingerprint density at radius 1 is 1.62 bits per heavy atom. The zero-order chi connectivity index (χ0) is 11.7. The van der Waals surface area contributed by atoms with Crippen molar-refractivity contribution in [2.75, 3.05) is 0 Å². The predicted octanol–water partition coefficient (Wildman–Crippen LogP) is 1.54. The summed E-state index contributed by atoms with van der Waals surface area (Å²) in [5, 5.41) is 6.28. The number of aromatic amines is 1. The summed E-state index contributed by atoms with van der Waals surface area (Å²) in [4.78, 5) is 15.5. The van der Waals surface area contributed by atoms with Gasteiger partial charge in [-0.3, -0.25) is 0 Å². The van der Waals surface area contributed by atoms with Crippen molar-refractivity contribution in [3.63, 3.8) is 0 Å². The summed E-state index contributed by atoms with van der Waals surface area (Å²) in [6.07, 6.45) is 2.39. The lowest BCUT2D eigenvalue weighted by molar-refractivity contribution is 0.628. The number of alkyl halides is 1. The van der Waals surface area contributed by atoms with E-state index in [4.69, 9.17) is 11.6 Å². The first-order valence-corrected chi connectivity index (χ1v) is 5.64. The van der Waals surface area contributed by atoms with Crippen LogP contribution in [0.5, 0.6) is 0 Å². The van der Waals surface area contributed by atoms with E-state index in [1.165, 1.54) is 10.7 Å². The van der Waals surface area contributed by atoms with Crippen LogP contribution in [0.15, 0.2) is 17.2 Å². The molecule has 0 bridgehead atoms. The van der Waals surface area contributed by atoms with Crippen LogP contribution in [-0.4, -0.2) is 25.0 Å². The van der Waals surface area contributed by atoms with Crippen LogP contribution in [-0.2, 0) is 0 Å². The average Bonchev–Trinajstić information content (AvgIpc) is 2.61. The van der Waals surface area contributed by atoms with Crippen LogP contribution in [0.4, 0.5) is 0 Å². The van der Waals surface area contributed by atoms with Gasteiger partial charge in [0.2, 0.25) is 0 Å². The zero-order valence-electron chi connectivity index (χ0n) is 9.14. The van der Waals surface area contributed by atoms with E-state index in [1.54, 1.807) is 6.07 Å². The molecule has 2 aromatic heterocycles. The molecule has 0 aliphatic rings. The smallest absolute Gasteiger partial charge is 0.246 e. The van der Waals surface area contributed by atoms with Crippen LogP contribution in [0, 0.1) is 0 Å². The highest BCUT2D eigenvalue weighted by atomic mass is 35.5.